The average Bonchev–Trinajstić information content (AvgIpc) is 2.64. The van der Waals surface area contributed by atoms with Gasteiger partial charge >= 0.3 is 5.63 Å². The molecule has 112 valence electrons. The Labute approximate surface area is 137 Å². The summed E-state index contributed by atoms with van der Waals surface area (Å²) in [5, 5.41) is 1.09. The Bertz CT molecular complexity index is 850. The minimum absolute atomic E-state index is 0.338. The summed E-state index contributed by atoms with van der Waals surface area (Å²) in [6, 6.07) is 5.21. The molecule has 1 heterocycles. The molecule has 3 nitrogen and oxygen atoms in total. The van der Waals surface area contributed by atoms with Crippen LogP contribution in [-0.2, 0) is 6.42 Å². The Morgan fingerprint density at radius 3 is 2.91 bits per heavy atom. The molecule has 0 fully saturated rings. The van der Waals surface area contributed by atoms with Crippen LogP contribution in [0.15, 0.2) is 39.1 Å². The van der Waals surface area contributed by atoms with E-state index in [0.29, 0.717) is 33.6 Å². The van der Waals surface area contributed by atoms with Crippen LogP contribution in [0.25, 0.3) is 12.2 Å². The molecular formula is C17H13Cl2NO2. The first-order valence-corrected chi connectivity index (χ1v) is 7.60. The molecule has 0 aliphatic heterocycles. The second kappa shape index (κ2) is 6.11. The first-order chi connectivity index (χ1) is 10.5. The van der Waals surface area contributed by atoms with Crippen molar-refractivity contribution in [1.82, 2.24) is 4.98 Å². The van der Waals surface area contributed by atoms with Crippen LogP contribution in [0, 0.1) is 0 Å². The molecule has 0 atom stereocenters. The topological polar surface area (TPSA) is 43.1 Å². The number of allylic oxidation sites excluding steroid dienone is 2. The van der Waals surface area contributed by atoms with E-state index in [1.807, 2.05) is 25.2 Å². The largest absolute Gasteiger partial charge is 0.408 e. The van der Waals surface area contributed by atoms with Gasteiger partial charge in [0.25, 0.3) is 0 Å². The third kappa shape index (κ3) is 3.16. The lowest BCUT2D eigenvalue weighted by atomic mass is 10.1. The van der Waals surface area contributed by atoms with Gasteiger partial charge in [-0.3, -0.25) is 0 Å². The molecule has 0 spiro atoms. The maximum atomic E-state index is 12.2. The predicted molar refractivity (Wildman–Crippen MR) is 89.3 cm³/mol. The molecule has 0 amide bonds. The summed E-state index contributed by atoms with van der Waals surface area (Å²) in [5.74, 6) is 0.338. The van der Waals surface area contributed by atoms with Gasteiger partial charge in [0.15, 0.2) is 0 Å². The Hall–Kier alpha value is -1.84. The summed E-state index contributed by atoms with van der Waals surface area (Å²) >= 11 is 12.0. The van der Waals surface area contributed by atoms with E-state index in [9.17, 15) is 4.79 Å². The number of fused-ring (bicyclic) bond motifs is 1. The highest BCUT2D eigenvalue weighted by Crippen LogP contribution is 2.23. The Kier molecular flexibility index (Phi) is 4.19. The van der Waals surface area contributed by atoms with Gasteiger partial charge in [-0.1, -0.05) is 40.9 Å². The summed E-state index contributed by atoms with van der Waals surface area (Å²) in [4.78, 5) is 16.6. The minimum atomic E-state index is -0.379. The van der Waals surface area contributed by atoms with Gasteiger partial charge in [0.2, 0.25) is 5.89 Å². The van der Waals surface area contributed by atoms with Crippen LogP contribution in [0.2, 0.25) is 10.0 Å². The van der Waals surface area contributed by atoms with Gasteiger partial charge < -0.3 is 4.42 Å². The van der Waals surface area contributed by atoms with Crippen molar-refractivity contribution in [3.63, 3.8) is 0 Å². The number of hydrogen-bond acceptors (Lipinski definition) is 3. The number of halogens is 2. The van der Waals surface area contributed by atoms with Crippen LogP contribution in [0.1, 0.15) is 36.1 Å². The molecular weight excluding hydrogens is 321 g/mol. The zero-order chi connectivity index (χ0) is 15.7. The Morgan fingerprint density at radius 2 is 2.14 bits per heavy atom. The van der Waals surface area contributed by atoms with E-state index in [1.165, 1.54) is 0 Å². The highest BCUT2D eigenvalue weighted by Gasteiger charge is 2.13. The molecule has 1 aromatic carbocycles. The molecule has 0 radical (unpaired) electrons. The quantitative estimate of drug-likeness (QED) is 0.796. The molecule has 0 N–H and O–H groups in total. The fourth-order valence-corrected chi connectivity index (χ4v) is 2.78. The summed E-state index contributed by atoms with van der Waals surface area (Å²) < 4.78 is 5.33. The van der Waals surface area contributed by atoms with E-state index < -0.39 is 0 Å². The fraction of sp³-hybridized carbons (Fsp3) is 0.176. The molecule has 0 saturated heterocycles. The minimum Gasteiger partial charge on any atom is -0.408 e. The Balaban J connectivity index is 2.02. The summed E-state index contributed by atoms with van der Waals surface area (Å²) in [6.07, 6.45) is 6.81. The molecule has 0 bridgehead atoms. The second-order valence-electron chi connectivity index (χ2n) is 5.20. The highest BCUT2D eigenvalue weighted by atomic mass is 35.5. The van der Waals surface area contributed by atoms with Crippen molar-refractivity contribution in [2.75, 3.05) is 0 Å². The standard InChI is InChI=1S/C17H13Cl2NO2/c1-10-3-2-4-15-13(7-10)17(21)22-16(20-15)8-11-5-6-12(18)9-14(11)19/h2,4-7,9H,3,8H2,1H3. The predicted octanol–water partition coefficient (Wildman–Crippen LogP) is 4.75. The van der Waals surface area contributed by atoms with Crippen molar-refractivity contribution in [3.8, 4) is 0 Å². The lowest BCUT2D eigenvalue weighted by Crippen LogP contribution is -2.11. The van der Waals surface area contributed by atoms with Crippen LogP contribution >= 0.6 is 23.2 Å². The fourth-order valence-electron chi connectivity index (χ4n) is 2.31. The van der Waals surface area contributed by atoms with Crippen LogP contribution in [0.4, 0.5) is 0 Å². The van der Waals surface area contributed by atoms with Gasteiger partial charge in [-0.25, -0.2) is 9.78 Å². The number of benzene rings is 1. The molecule has 2 aromatic rings. The van der Waals surface area contributed by atoms with Gasteiger partial charge in [-0.05, 0) is 43.2 Å². The highest BCUT2D eigenvalue weighted by molar-refractivity contribution is 6.35. The number of nitrogens with zero attached hydrogens (tertiary/aromatic N) is 1. The molecule has 1 aliphatic carbocycles. The van der Waals surface area contributed by atoms with E-state index in [1.54, 1.807) is 18.2 Å². The zero-order valence-electron chi connectivity index (χ0n) is 11.9. The second-order valence-corrected chi connectivity index (χ2v) is 6.05. The van der Waals surface area contributed by atoms with Gasteiger partial charge in [0.05, 0.1) is 17.7 Å². The van der Waals surface area contributed by atoms with Gasteiger partial charge in [0.1, 0.15) is 0 Å². The molecule has 5 heteroatoms. The number of aromatic nitrogens is 1. The maximum absolute atomic E-state index is 12.2. The molecule has 22 heavy (non-hydrogen) atoms. The van der Waals surface area contributed by atoms with Crippen LogP contribution in [-0.4, -0.2) is 4.98 Å². The van der Waals surface area contributed by atoms with Crippen molar-refractivity contribution in [2.45, 2.75) is 19.8 Å². The van der Waals surface area contributed by atoms with Crippen molar-refractivity contribution in [2.24, 2.45) is 0 Å². The SMILES string of the molecule is CC1=Cc2c(nc(Cc3ccc(Cl)cc3Cl)oc2=O)C=CC1. The summed E-state index contributed by atoms with van der Waals surface area (Å²) in [5.41, 5.74) is 2.66. The van der Waals surface area contributed by atoms with Crippen molar-refractivity contribution in [1.29, 1.82) is 0 Å². The monoisotopic (exact) mass is 333 g/mol. The zero-order valence-corrected chi connectivity index (χ0v) is 13.4. The third-order valence-electron chi connectivity index (χ3n) is 3.41. The molecule has 1 aromatic heterocycles. The van der Waals surface area contributed by atoms with E-state index in [4.69, 9.17) is 27.6 Å². The summed E-state index contributed by atoms with van der Waals surface area (Å²) in [7, 11) is 0. The van der Waals surface area contributed by atoms with Crippen molar-refractivity contribution < 1.29 is 4.42 Å². The van der Waals surface area contributed by atoms with Gasteiger partial charge in [0, 0.05) is 10.0 Å². The number of hydrogen-bond donors (Lipinski definition) is 0. The smallest absolute Gasteiger partial charge is 0.346 e. The first kappa shape index (κ1) is 15.1. The summed E-state index contributed by atoms with van der Waals surface area (Å²) in [6.45, 7) is 1.97. The van der Waals surface area contributed by atoms with E-state index >= 15 is 0 Å². The molecule has 0 saturated carbocycles. The van der Waals surface area contributed by atoms with Crippen LogP contribution in [0.3, 0.4) is 0 Å². The van der Waals surface area contributed by atoms with Crippen LogP contribution < -0.4 is 5.63 Å². The molecule has 1 aliphatic rings. The van der Waals surface area contributed by atoms with Gasteiger partial charge in [-0.2, -0.15) is 0 Å². The lowest BCUT2D eigenvalue weighted by Gasteiger charge is -2.05. The first-order valence-electron chi connectivity index (χ1n) is 6.84. The van der Waals surface area contributed by atoms with E-state index in [2.05, 4.69) is 4.98 Å². The molecule has 3 rings (SSSR count). The normalized spacial score (nSPS) is 13.5. The number of rotatable bonds is 2. The van der Waals surface area contributed by atoms with Gasteiger partial charge in [-0.15, -0.1) is 0 Å². The molecule has 0 unspecified atom stereocenters. The lowest BCUT2D eigenvalue weighted by molar-refractivity contribution is 0.442. The van der Waals surface area contributed by atoms with Crippen molar-refractivity contribution in [3.05, 3.63) is 73.0 Å². The van der Waals surface area contributed by atoms with E-state index in [0.717, 1.165) is 17.6 Å². The third-order valence-corrected chi connectivity index (χ3v) is 4.00. The van der Waals surface area contributed by atoms with E-state index in [-0.39, 0.29) is 5.63 Å². The van der Waals surface area contributed by atoms with Crippen molar-refractivity contribution >= 4 is 35.4 Å². The Morgan fingerprint density at radius 1 is 1.32 bits per heavy atom. The maximum Gasteiger partial charge on any atom is 0.346 e. The van der Waals surface area contributed by atoms with Crippen LogP contribution in [0.5, 0.6) is 0 Å². The average molecular weight is 334 g/mol.